The Morgan fingerprint density at radius 1 is 0.974 bits per heavy atom. The molecule has 0 aromatic heterocycles. The van der Waals surface area contributed by atoms with Crippen LogP contribution in [0, 0.1) is 11.2 Å². The molecule has 1 N–H and O–H groups in total. The number of halogens is 1. The molecule has 6 heteroatoms. The van der Waals surface area contributed by atoms with Gasteiger partial charge in [0.05, 0.1) is 6.10 Å². The van der Waals surface area contributed by atoms with Crippen molar-refractivity contribution in [3.63, 3.8) is 0 Å². The van der Waals surface area contributed by atoms with Crippen molar-refractivity contribution in [2.75, 3.05) is 13.1 Å². The molecule has 3 aromatic rings. The molecule has 6 rings (SSSR count). The SMILES string of the molecule is N=C([O-])C1=C(CCC(CCc2ccc(OC3CC3)cc2)N2CCC2)OCc2cc(-c3ccc(F)cc3)ccc21. The van der Waals surface area contributed by atoms with Crippen LogP contribution in [0.2, 0.25) is 0 Å². The van der Waals surface area contributed by atoms with E-state index in [0.29, 0.717) is 36.5 Å². The third-order valence-corrected chi connectivity index (χ3v) is 8.09. The fourth-order valence-electron chi connectivity index (χ4n) is 5.57. The topological polar surface area (TPSA) is 68.6 Å². The molecule has 202 valence electrons. The van der Waals surface area contributed by atoms with Crippen molar-refractivity contribution in [2.45, 2.75) is 63.7 Å². The van der Waals surface area contributed by atoms with Gasteiger partial charge in [0.15, 0.2) is 0 Å². The highest BCUT2D eigenvalue weighted by molar-refractivity contribution is 6.17. The summed E-state index contributed by atoms with van der Waals surface area (Å²) < 4.78 is 25.4. The molecule has 0 radical (unpaired) electrons. The molecule has 1 aliphatic carbocycles. The summed E-state index contributed by atoms with van der Waals surface area (Å²) >= 11 is 0. The number of rotatable bonds is 11. The molecule has 2 heterocycles. The molecule has 1 saturated heterocycles. The van der Waals surface area contributed by atoms with Gasteiger partial charge in [-0.3, -0.25) is 0 Å². The van der Waals surface area contributed by atoms with E-state index in [1.807, 2.05) is 18.2 Å². The quantitative estimate of drug-likeness (QED) is 0.243. The second kappa shape index (κ2) is 11.2. The molecule has 2 aliphatic heterocycles. The lowest BCUT2D eigenvalue weighted by atomic mass is 9.90. The third-order valence-electron chi connectivity index (χ3n) is 8.09. The van der Waals surface area contributed by atoms with E-state index in [1.165, 1.54) is 24.1 Å². The lowest BCUT2D eigenvalue weighted by Gasteiger charge is -2.39. The zero-order valence-corrected chi connectivity index (χ0v) is 22.1. The molecular weight excluding hydrogens is 491 g/mol. The second-order valence-corrected chi connectivity index (χ2v) is 10.9. The Morgan fingerprint density at radius 2 is 1.69 bits per heavy atom. The Hall–Kier alpha value is -3.64. The molecule has 2 fully saturated rings. The van der Waals surface area contributed by atoms with Crippen molar-refractivity contribution < 1.29 is 19.0 Å². The lowest BCUT2D eigenvalue weighted by molar-refractivity contribution is -0.212. The molecule has 3 aromatic carbocycles. The number of likely N-dealkylation sites (tertiary alicyclic amines) is 1. The number of allylic oxidation sites excluding steroid dienone is 1. The molecular formula is C33H34FN2O3-. The van der Waals surface area contributed by atoms with Crippen LogP contribution >= 0.6 is 0 Å². The number of fused-ring (bicyclic) bond motifs is 1. The Bertz CT molecular complexity index is 1360. The molecule has 1 unspecified atom stereocenters. The van der Waals surface area contributed by atoms with Gasteiger partial charge in [-0.05, 0) is 116 Å². The Morgan fingerprint density at radius 3 is 2.36 bits per heavy atom. The van der Waals surface area contributed by atoms with Crippen LogP contribution in [-0.4, -0.2) is 36.0 Å². The van der Waals surface area contributed by atoms with E-state index in [1.54, 1.807) is 12.1 Å². The molecule has 5 nitrogen and oxygen atoms in total. The number of hydrogen-bond donors (Lipinski definition) is 1. The van der Waals surface area contributed by atoms with E-state index in [0.717, 1.165) is 73.2 Å². The van der Waals surface area contributed by atoms with Crippen LogP contribution in [0.1, 0.15) is 55.2 Å². The highest BCUT2D eigenvalue weighted by Crippen LogP contribution is 2.36. The van der Waals surface area contributed by atoms with E-state index < -0.39 is 5.90 Å². The molecule has 1 saturated carbocycles. The van der Waals surface area contributed by atoms with Gasteiger partial charge in [-0.2, -0.15) is 0 Å². The van der Waals surface area contributed by atoms with Crippen molar-refractivity contribution in [3.8, 4) is 16.9 Å². The summed E-state index contributed by atoms with van der Waals surface area (Å²) in [4.78, 5) is 2.53. The first kappa shape index (κ1) is 25.6. The maximum absolute atomic E-state index is 13.4. The molecule has 0 bridgehead atoms. The van der Waals surface area contributed by atoms with Crippen molar-refractivity contribution in [2.24, 2.45) is 0 Å². The number of ether oxygens (including phenoxy) is 2. The van der Waals surface area contributed by atoms with E-state index in [2.05, 4.69) is 29.2 Å². The van der Waals surface area contributed by atoms with Crippen LogP contribution in [0.15, 0.2) is 72.5 Å². The normalized spacial score (nSPS) is 17.7. The first-order chi connectivity index (χ1) is 19.0. The predicted octanol–water partition coefficient (Wildman–Crippen LogP) is 6.10. The van der Waals surface area contributed by atoms with Crippen molar-refractivity contribution >= 4 is 11.5 Å². The summed E-state index contributed by atoms with van der Waals surface area (Å²) in [5, 5.41) is 20.5. The highest BCUT2D eigenvalue weighted by Gasteiger charge is 2.27. The van der Waals surface area contributed by atoms with Crippen LogP contribution in [0.25, 0.3) is 16.7 Å². The minimum Gasteiger partial charge on any atom is -0.859 e. The Balaban J connectivity index is 1.14. The standard InChI is InChI=1S/C33H35FN2O3/c34-26-8-5-23(6-9-26)24-7-16-30-25(20-24)21-38-31(32(30)33(35)37)17-11-27(36-18-1-19-36)10-2-22-3-12-28(13-4-22)39-29-14-15-29/h3-9,12-13,16,20,27,29H,1-2,10-11,14-15,17-19,21H2,(H2,35,37)/p-1. The maximum Gasteiger partial charge on any atom is 0.123 e. The van der Waals surface area contributed by atoms with Crippen LogP contribution in [0.3, 0.4) is 0 Å². The highest BCUT2D eigenvalue weighted by atomic mass is 19.1. The average molecular weight is 526 g/mol. The Labute approximate surface area is 229 Å². The molecule has 3 aliphatic rings. The lowest BCUT2D eigenvalue weighted by Crippen LogP contribution is -2.45. The number of nitrogens with zero attached hydrogens (tertiary/aromatic N) is 1. The van der Waals surface area contributed by atoms with Gasteiger partial charge in [-0.15, -0.1) is 0 Å². The minimum absolute atomic E-state index is 0.275. The van der Waals surface area contributed by atoms with Crippen molar-refractivity contribution in [1.29, 1.82) is 5.41 Å². The van der Waals surface area contributed by atoms with E-state index in [4.69, 9.17) is 14.9 Å². The zero-order valence-electron chi connectivity index (χ0n) is 22.1. The summed E-state index contributed by atoms with van der Waals surface area (Å²) in [7, 11) is 0. The zero-order chi connectivity index (χ0) is 26.8. The first-order valence-electron chi connectivity index (χ1n) is 14.0. The first-order valence-corrected chi connectivity index (χ1v) is 14.0. The molecule has 0 amide bonds. The van der Waals surface area contributed by atoms with Gasteiger partial charge in [0.25, 0.3) is 0 Å². The van der Waals surface area contributed by atoms with Gasteiger partial charge < -0.3 is 24.9 Å². The van der Waals surface area contributed by atoms with Gasteiger partial charge in [0.1, 0.15) is 23.9 Å². The number of benzene rings is 3. The fraction of sp³-hybridized carbons (Fsp3) is 0.364. The smallest absolute Gasteiger partial charge is 0.123 e. The van der Waals surface area contributed by atoms with Crippen LogP contribution in [-0.2, 0) is 17.8 Å². The van der Waals surface area contributed by atoms with Crippen molar-refractivity contribution in [1.82, 2.24) is 4.90 Å². The summed E-state index contributed by atoms with van der Waals surface area (Å²) in [6.45, 7) is 2.58. The van der Waals surface area contributed by atoms with Gasteiger partial charge in [0.2, 0.25) is 0 Å². The Kier molecular flexibility index (Phi) is 7.38. The van der Waals surface area contributed by atoms with Crippen LogP contribution < -0.4 is 9.84 Å². The second-order valence-electron chi connectivity index (χ2n) is 10.9. The van der Waals surface area contributed by atoms with Gasteiger partial charge in [-0.1, -0.05) is 36.4 Å². The summed E-state index contributed by atoms with van der Waals surface area (Å²) in [5.74, 6) is 0.598. The van der Waals surface area contributed by atoms with Crippen molar-refractivity contribution in [3.05, 3.63) is 95.0 Å². The van der Waals surface area contributed by atoms with E-state index in [9.17, 15) is 9.50 Å². The third kappa shape index (κ3) is 6.01. The average Bonchev–Trinajstić information content (AvgIpc) is 3.73. The molecule has 0 spiro atoms. The van der Waals surface area contributed by atoms with Crippen LogP contribution in [0.4, 0.5) is 4.39 Å². The monoisotopic (exact) mass is 525 g/mol. The number of nitrogens with one attached hydrogen (secondary N) is 1. The van der Waals surface area contributed by atoms with Gasteiger partial charge in [0, 0.05) is 18.0 Å². The maximum atomic E-state index is 13.4. The van der Waals surface area contributed by atoms with Gasteiger partial charge >= 0.3 is 0 Å². The summed E-state index contributed by atoms with van der Waals surface area (Å²) in [6, 6.07) is 21.1. The van der Waals surface area contributed by atoms with Gasteiger partial charge in [-0.25, -0.2) is 4.39 Å². The van der Waals surface area contributed by atoms with E-state index >= 15 is 0 Å². The van der Waals surface area contributed by atoms with Crippen LogP contribution in [0.5, 0.6) is 5.75 Å². The largest absolute Gasteiger partial charge is 0.859 e. The number of hydrogen-bond acceptors (Lipinski definition) is 5. The predicted molar refractivity (Wildman–Crippen MR) is 149 cm³/mol. The molecule has 39 heavy (non-hydrogen) atoms. The van der Waals surface area contributed by atoms with E-state index in [-0.39, 0.29) is 5.82 Å². The number of aryl methyl sites for hydroxylation is 1. The fourth-order valence-corrected chi connectivity index (χ4v) is 5.57. The minimum atomic E-state index is -0.713. The molecule has 1 atom stereocenters. The summed E-state index contributed by atoms with van der Waals surface area (Å²) in [6.07, 6.45) is 7.51. The summed E-state index contributed by atoms with van der Waals surface area (Å²) in [5.41, 5.74) is 5.17.